The Labute approximate surface area is 96.0 Å². The summed E-state index contributed by atoms with van der Waals surface area (Å²) in [6.07, 6.45) is 5.80. The molecular weight excluding hydrogens is 186 g/mol. The van der Waals surface area contributed by atoms with E-state index in [0.29, 0.717) is 6.10 Å². The van der Waals surface area contributed by atoms with Crippen molar-refractivity contribution in [2.75, 3.05) is 27.2 Å². The molecule has 0 aromatic heterocycles. The van der Waals surface area contributed by atoms with Crippen molar-refractivity contribution < 1.29 is 4.74 Å². The minimum Gasteiger partial charge on any atom is -0.377 e. The van der Waals surface area contributed by atoms with Crippen LogP contribution >= 0.6 is 0 Å². The first-order valence-electron chi connectivity index (χ1n) is 6.45. The second-order valence-electron chi connectivity index (χ2n) is 4.56. The van der Waals surface area contributed by atoms with Crippen molar-refractivity contribution in [3.05, 3.63) is 0 Å². The molecule has 0 aromatic rings. The Morgan fingerprint density at radius 1 is 1.07 bits per heavy atom. The van der Waals surface area contributed by atoms with Gasteiger partial charge < -0.3 is 9.64 Å². The summed E-state index contributed by atoms with van der Waals surface area (Å²) < 4.78 is 5.80. The minimum absolute atomic E-state index is 0.552. The van der Waals surface area contributed by atoms with E-state index < -0.39 is 0 Å². The monoisotopic (exact) mass is 215 g/mol. The van der Waals surface area contributed by atoms with Gasteiger partial charge in [0.2, 0.25) is 0 Å². The molecule has 0 radical (unpaired) electrons. The predicted octanol–water partition coefficient (Wildman–Crippen LogP) is 3.17. The molecule has 1 aliphatic carbocycles. The Morgan fingerprint density at radius 3 is 2.07 bits per heavy atom. The van der Waals surface area contributed by atoms with E-state index in [0.717, 1.165) is 19.1 Å². The summed E-state index contributed by atoms with van der Waals surface area (Å²) in [5, 5.41) is 0. The zero-order valence-corrected chi connectivity index (χ0v) is 11.3. The van der Waals surface area contributed by atoms with Gasteiger partial charge in [-0.2, -0.15) is 0 Å². The molecule has 1 aliphatic rings. The number of ether oxygens (including phenoxy) is 1. The van der Waals surface area contributed by atoms with Crippen LogP contribution in [-0.2, 0) is 4.74 Å². The highest BCUT2D eigenvalue weighted by atomic mass is 16.5. The van der Waals surface area contributed by atoms with E-state index in [-0.39, 0.29) is 0 Å². The van der Waals surface area contributed by atoms with E-state index in [9.17, 15) is 0 Å². The fraction of sp³-hybridized carbons (Fsp3) is 1.00. The maximum absolute atomic E-state index is 5.80. The summed E-state index contributed by atoms with van der Waals surface area (Å²) in [5.74, 6) is 0.925. The number of hydrogen-bond donors (Lipinski definition) is 0. The Balaban J connectivity index is 0.000000921. The lowest BCUT2D eigenvalue weighted by molar-refractivity contribution is 0.0135. The highest BCUT2D eigenvalue weighted by Crippen LogP contribution is 2.25. The standard InChI is InChI=1S/C11H23NO.C2H6/c1-10-4-6-11(7-5-10)13-9-8-12(2)3;1-2/h10-11H,4-9H2,1-3H3;1-2H3. The second-order valence-corrected chi connectivity index (χ2v) is 4.56. The van der Waals surface area contributed by atoms with Crippen LogP contribution in [0.1, 0.15) is 46.5 Å². The number of rotatable bonds is 4. The third kappa shape index (κ3) is 7.80. The maximum atomic E-state index is 5.80. The van der Waals surface area contributed by atoms with Crippen LogP contribution in [0.25, 0.3) is 0 Å². The largest absolute Gasteiger partial charge is 0.377 e. The van der Waals surface area contributed by atoms with Crippen LogP contribution in [0.5, 0.6) is 0 Å². The van der Waals surface area contributed by atoms with Gasteiger partial charge >= 0.3 is 0 Å². The Bertz CT molecular complexity index is 128. The Morgan fingerprint density at radius 2 is 1.60 bits per heavy atom. The van der Waals surface area contributed by atoms with E-state index in [4.69, 9.17) is 4.74 Å². The molecule has 0 saturated heterocycles. The van der Waals surface area contributed by atoms with Crippen LogP contribution in [0.3, 0.4) is 0 Å². The predicted molar refractivity (Wildman–Crippen MR) is 67.3 cm³/mol. The molecule has 0 heterocycles. The summed E-state index contributed by atoms with van der Waals surface area (Å²) in [6.45, 7) is 8.29. The summed E-state index contributed by atoms with van der Waals surface area (Å²) in [4.78, 5) is 2.17. The molecule has 0 amide bonds. The van der Waals surface area contributed by atoms with Crippen LogP contribution in [0.2, 0.25) is 0 Å². The molecule has 0 N–H and O–H groups in total. The lowest BCUT2D eigenvalue weighted by Gasteiger charge is -2.26. The van der Waals surface area contributed by atoms with Crippen LogP contribution in [0.4, 0.5) is 0 Å². The van der Waals surface area contributed by atoms with E-state index in [1.807, 2.05) is 13.8 Å². The molecule has 0 aromatic carbocycles. The average Bonchev–Trinajstić information content (AvgIpc) is 2.23. The van der Waals surface area contributed by atoms with Gasteiger partial charge in [-0.15, -0.1) is 0 Å². The van der Waals surface area contributed by atoms with E-state index in [1.54, 1.807) is 0 Å². The van der Waals surface area contributed by atoms with Crippen molar-refractivity contribution in [1.82, 2.24) is 4.90 Å². The van der Waals surface area contributed by atoms with Gasteiger partial charge in [-0.05, 0) is 45.7 Å². The van der Waals surface area contributed by atoms with Crippen molar-refractivity contribution in [1.29, 1.82) is 0 Å². The zero-order chi connectivity index (χ0) is 11.7. The molecular formula is C13H29NO. The van der Waals surface area contributed by atoms with Gasteiger partial charge in [-0.1, -0.05) is 20.8 Å². The van der Waals surface area contributed by atoms with Crippen LogP contribution in [-0.4, -0.2) is 38.3 Å². The summed E-state index contributed by atoms with van der Waals surface area (Å²) >= 11 is 0. The van der Waals surface area contributed by atoms with Gasteiger partial charge in [0, 0.05) is 6.54 Å². The first-order valence-corrected chi connectivity index (χ1v) is 6.45. The smallest absolute Gasteiger partial charge is 0.0596 e. The molecule has 1 rings (SSSR count). The van der Waals surface area contributed by atoms with E-state index in [1.165, 1.54) is 25.7 Å². The van der Waals surface area contributed by atoms with Crippen molar-refractivity contribution in [2.45, 2.75) is 52.6 Å². The Hall–Kier alpha value is -0.0800. The molecule has 92 valence electrons. The van der Waals surface area contributed by atoms with Crippen molar-refractivity contribution in [2.24, 2.45) is 5.92 Å². The third-order valence-corrected chi connectivity index (χ3v) is 2.85. The van der Waals surface area contributed by atoms with Gasteiger partial charge in [0.25, 0.3) is 0 Å². The molecule has 15 heavy (non-hydrogen) atoms. The van der Waals surface area contributed by atoms with Crippen LogP contribution in [0, 0.1) is 5.92 Å². The molecule has 0 aliphatic heterocycles. The second kappa shape index (κ2) is 9.17. The highest BCUT2D eigenvalue weighted by molar-refractivity contribution is 4.69. The van der Waals surface area contributed by atoms with Crippen molar-refractivity contribution >= 4 is 0 Å². The number of hydrogen-bond acceptors (Lipinski definition) is 2. The topological polar surface area (TPSA) is 12.5 Å². The molecule has 2 nitrogen and oxygen atoms in total. The van der Waals surface area contributed by atoms with Gasteiger partial charge in [0.05, 0.1) is 12.7 Å². The molecule has 0 unspecified atom stereocenters. The van der Waals surface area contributed by atoms with Gasteiger partial charge in [-0.25, -0.2) is 0 Å². The van der Waals surface area contributed by atoms with Crippen molar-refractivity contribution in [3.8, 4) is 0 Å². The normalized spacial score (nSPS) is 26.0. The van der Waals surface area contributed by atoms with Crippen LogP contribution < -0.4 is 0 Å². The number of nitrogens with zero attached hydrogens (tertiary/aromatic N) is 1. The molecule has 2 heteroatoms. The zero-order valence-electron chi connectivity index (χ0n) is 11.3. The minimum atomic E-state index is 0.552. The first kappa shape index (κ1) is 14.9. The first-order chi connectivity index (χ1) is 7.18. The highest BCUT2D eigenvalue weighted by Gasteiger charge is 2.18. The lowest BCUT2D eigenvalue weighted by Crippen LogP contribution is -2.25. The third-order valence-electron chi connectivity index (χ3n) is 2.85. The molecule has 1 saturated carbocycles. The fourth-order valence-corrected chi connectivity index (χ4v) is 1.80. The number of likely N-dealkylation sites (N-methyl/N-ethyl adjacent to an activating group) is 1. The Kier molecular flexibility index (Phi) is 9.12. The average molecular weight is 215 g/mol. The van der Waals surface area contributed by atoms with Gasteiger partial charge in [0.1, 0.15) is 0 Å². The quantitative estimate of drug-likeness (QED) is 0.714. The lowest BCUT2D eigenvalue weighted by atomic mass is 9.89. The summed E-state index contributed by atoms with van der Waals surface area (Å²) in [7, 11) is 4.18. The summed E-state index contributed by atoms with van der Waals surface area (Å²) in [6, 6.07) is 0. The molecule has 0 spiro atoms. The molecule has 0 bridgehead atoms. The van der Waals surface area contributed by atoms with Gasteiger partial charge in [-0.3, -0.25) is 0 Å². The van der Waals surface area contributed by atoms with E-state index >= 15 is 0 Å². The SMILES string of the molecule is CC.CC1CCC(OCCN(C)C)CC1. The van der Waals surface area contributed by atoms with Gasteiger partial charge in [0.15, 0.2) is 0 Å². The van der Waals surface area contributed by atoms with Crippen molar-refractivity contribution in [3.63, 3.8) is 0 Å². The van der Waals surface area contributed by atoms with Crippen LogP contribution in [0.15, 0.2) is 0 Å². The fourth-order valence-electron chi connectivity index (χ4n) is 1.80. The van der Waals surface area contributed by atoms with E-state index in [2.05, 4.69) is 25.9 Å². The maximum Gasteiger partial charge on any atom is 0.0596 e. The molecule has 0 atom stereocenters. The summed E-state index contributed by atoms with van der Waals surface area (Å²) in [5.41, 5.74) is 0. The molecule has 1 fully saturated rings.